The number of nitrogens with one attached hydrogen (secondary N) is 2. The van der Waals surface area contributed by atoms with Crippen LogP contribution >= 0.6 is 24.0 Å². The smallest absolute Gasteiger partial charge is 0.401 e. The first-order valence-electron chi connectivity index (χ1n) is 9.98. The molecule has 1 aromatic rings. The maximum Gasteiger partial charge on any atom is 0.401 e. The van der Waals surface area contributed by atoms with E-state index >= 15 is 0 Å². The minimum absolute atomic E-state index is 0. The molecule has 3 N–H and O–H groups in total. The molecule has 2 rings (SSSR count). The summed E-state index contributed by atoms with van der Waals surface area (Å²) in [5.74, 6) is 1.60. The van der Waals surface area contributed by atoms with Gasteiger partial charge in [0.05, 0.1) is 20.2 Å². The minimum Gasteiger partial charge on any atom is -0.504 e. The van der Waals surface area contributed by atoms with Gasteiger partial charge < -0.3 is 20.5 Å². The molecule has 0 amide bonds. The third kappa shape index (κ3) is 9.59. The first-order chi connectivity index (χ1) is 13.8. The number of guanidine groups is 1. The molecule has 0 radical (unpaired) electrons. The molecule has 0 aliphatic carbocycles. The Labute approximate surface area is 193 Å². The van der Waals surface area contributed by atoms with E-state index in [1.54, 1.807) is 12.1 Å². The number of aliphatic imine (C=N–C) groups is 1. The number of nitrogens with zero attached hydrogens (tertiary/aromatic N) is 2. The van der Waals surface area contributed by atoms with E-state index < -0.39 is 12.7 Å². The van der Waals surface area contributed by atoms with Gasteiger partial charge in [-0.3, -0.25) is 4.90 Å². The third-order valence-corrected chi connectivity index (χ3v) is 4.96. The van der Waals surface area contributed by atoms with E-state index in [-0.39, 0.29) is 29.7 Å². The van der Waals surface area contributed by atoms with Gasteiger partial charge in [-0.2, -0.15) is 13.2 Å². The lowest BCUT2D eigenvalue weighted by Crippen LogP contribution is -2.41. The first-order valence-corrected chi connectivity index (χ1v) is 9.98. The summed E-state index contributed by atoms with van der Waals surface area (Å²) in [5.41, 5.74) is 0.859. The summed E-state index contributed by atoms with van der Waals surface area (Å²) in [7, 11) is 1.50. The molecule has 0 saturated carbocycles. The average molecular weight is 544 g/mol. The number of piperidine rings is 1. The maximum absolute atomic E-state index is 12.5. The predicted octanol–water partition coefficient (Wildman–Crippen LogP) is 3.74. The van der Waals surface area contributed by atoms with Crippen molar-refractivity contribution in [3.8, 4) is 11.5 Å². The van der Waals surface area contributed by atoms with Crippen molar-refractivity contribution in [1.82, 2.24) is 15.5 Å². The van der Waals surface area contributed by atoms with Gasteiger partial charge in [0.1, 0.15) is 0 Å². The molecule has 1 aromatic carbocycles. The number of halogens is 4. The highest BCUT2D eigenvalue weighted by atomic mass is 127. The van der Waals surface area contributed by atoms with E-state index in [9.17, 15) is 18.3 Å². The van der Waals surface area contributed by atoms with Crippen LogP contribution in [0.1, 0.15) is 31.7 Å². The number of methoxy groups -OCH3 is 1. The van der Waals surface area contributed by atoms with Crippen LogP contribution in [0.15, 0.2) is 23.2 Å². The quantitative estimate of drug-likeness (QED) is 0.265. The van der Waals surface area contributed by atoms with Crippen molar-refractivity contribution in [3.63, 3.8) is 0 Å². The van der Waals surface area contributed by atoms with Gasteiger partial charge in [-0.15, -0.1) is 24.0 Å². The number of alkyl halides is 3. The zero-order valence-corrected chi connectivity index (χ0v) is 19.8. The van der Waals surface area contributed by atoms with Gasteiger partial charge in [0, 0.05) is 13.1 Å². The van der Waals surface area contributed by atoms with Crippen molar-refractivity contribution in [2.45, 2.75) is 38.9 Å². The Morgan fingerprint density at radius 2 is 1.97 bits per heavy atom. The Hall–Kier alpha value is -1.43. The fourth-order valence-corrected chi connectivity index (χ4v) is 3.43. The fourth-order valence-electron chi connectivity index (χ4n) is 3.43. The van der Waals surface area contributed by atoms with Gasteiger partial charge in [-0.05, 0) is 62.9 Å². The molecule has 1 aliphatic rings. The zero-order valence-electron chi connectivity index (χ0n) is 17.5. The molecule has 0 unspecified atom stereocenters. The summed E-state index contributed by atoms with van der Waals surface area (Å²) >= 11 is 0. The molecule has 1 heterocycles. The van der Waals surface area contributed by atoms with E-state index in [0.29, 0.717) is 43.8 Å². The van der Waals surface area contributed by atoms with Crippen LogP contribution in [0.4, 0.5) is 13.2 Å². The molecular formula is C20H32F3IN4O2. The number of aromatic hydroxyl groups is 1. The highest BCUT2D eigenvalue weighted by Crippen LogP contribution is 2.26. The lowest BCUT2D eigenvalue weighted by atomic mass is 9.93. The number of phenols is 1. The van der Waals surface area contributed by atoms with Gasteiger partial charge in [0.15, 0.2) is 17.5 Å². The van der Waals surface area contributed by atoms with E-state index in [1.165, 1.54) is 12.0 Å². The molecule has 6 nitrogen and oxygen atoms in total. The number of hydrogen-bond donors (Lipinski definition) is 3. The predicted molar refractivity (Wildman–Crippen MR) is 123 cm³/mol. The number of hydrogen-bond acceptors (Lipinski definition) is 4. The summed E-state index contributed by atoms with van der Waals surface area (Å²) in [6, 6.07) is 5.17. The van der Waals surface area contributed by atoms with Crippen LogP contribution in [0.2, 0.25) is 0 Å². The molecule has 1 fully saturated rings. The van der Waals surface area contributed by atoms with E-state index in [4.69, 9.17) is 4.74 Å². The fraction of sp³-hybridized carbons (Fsp3) is 0.650. The van der Waals surface area contributed by atoms with Crippen molar-refractivity contribution in [1.29, 1.82) is 0 Å². The van der Waals surface area contributed by atoms with Crippen LogP contribution in [0.25, 0.3) is 0 Å². The molecule has 172 valence electrons. The molecule has 0 spiro atoms. The van der Waals surface area contributed by atoms with Crippen LogP contribution in [-0.2, 0) is 6.54 Å². The molecule has 1 aliphatic heterocycles. The van der Waals surface area contributed by atoms with Crippen molar-refractivity contribution in [2.24, 2.45) is 10.9 Å². The molecule has 30 heavy (non-hydrogen) atoms. The lowest BCUT2D eigenvalue weighted by Gasteiger charge is -2.32. The van der Waals surface area contributed by atoms with Gasteiger partial charge in [-0.25, -0.2) is 4.99 Å². The van der Waals surface area contributed by atoms with Gasteiger partial charge >= 0.3 is 6.18 Å². The second kappa shape index (κ2) is 13.1. The largest absolute Gasteiger partial charge is 0.504 e. The highest BCUT2D eigenvalue weighted by Gasteiger charge is 2.32. The Bertz CT molecular complexity index is 666. The zero-order chi connectivity index (χ0) is 21.3. The number of rotatable bonds is 8. The topological polar surface area (TPSA) is 69.1 Å². The Kier molecular flexibility index (Phi) is 11.6. The molecule has 1 saturated heterocycles. The number of phenolic OH excluding ortho intramolecular Hbond substituents is 1. The molecule has 0 aromatic heterocycles. The SMILES string of the molecule is CCNC(=NCc1ccc(OC)c(O)c1)NCCC1CCN(CC(F)(F)F)CC1.I. The van der Waals surface area contributed by atoms with Gasteiger partial charge in [0.2, 0.25) is 0 Å². The third-order valence-electron chi connectivity index (χ3n) is 4.96. The van der Waals surface area contributed by atoms with E-state index in [0.717, 1.165) is 31.4 Å². The molecule has 10 heteroatoms. The normalized spacial score (nSPS) is 16.1. The first kappa shape index (κ1) is 26.6. The van der Waals surface area contributed by atoms with Gasteiger partial charge in [0.25, 0.3) is 0 Å². The van der Waals surface area contributed by atoms with Crippen molar-refractivity contribution in [2.75, 3.05) is 39.8 Å². The summed E-state index contributed by atoms with van der Waals surface area (Å²) in [5, 5.41) is 16.3. The maximum atomic E-state index is 12.5. The Morgan fingerprint density at radius 3 is 2.53 bits per heavy atom. The molecule has 0 bridgehead atoms. The van der Waals surface area contributed by atoms with E-state index in [1.807, 2.05) is 13.0 Å². The van der Waals surface area contributed by atoms with E-state index in [2.05, 4.69) is 15.6 Å². The summed E-state index contributed by atoms with van der Waals surface area (Å²) in [6.07, 6.45) is -1.65. The Balaban J connectivity index is 0.00000450. The Morgan fingerprint density at radius 1 is 1.27 bits per heavy atom. The standard InChI is InChI=1S/C20H31F3N4O2.HI/c1-3-24-19(26-13-16-4-5-18(29-2)17(28)12-16)25-9-6-15-7-10-27(11-8-15)14-20(21,22)23;/h4-5,12,15,28H,3,6-11,13-14H2,1-2H3,(H2,24,25,26);1H. The lowest BCUT2D eigenvalue weighted by molar-refractivity contribution is -0.148. The van der Waals surface area contributed by atoms with Crippen LogP contribution in [0.5, 0.6) is 11.5 Å². The van der Waals surface area contributed by atoms with Crippen molar-refractivity contribution < 1.29 is 23.0 Å². The van der Waals surface area contributed by atoms with Crippen molar-refractivity contribution >= 4 is 29.9 Å². The second-order valence-electron chi connectivity index (χ2n) is 7.25. The van der Waals surface area contributed by atoms with Gasteiger partial charge in [-0.1, -0.05) is 6.07 Å². The average Bonchev–Trinajstić information content (AvgIpc) is 2.66. The minimum atomic E-state index is -4.12. The number of likely N-dealkylation sites (tertiary alicyclic amines) is 1. The summed E-state index contributed by atoms with van der Waals surface area (Å²) in [4.78, 5) is 6.01. The highest BCUT2D eigenvalue weighted by molar-refractivity contribution is 14.0. The summed E-state index contributed by atoms with van der Waals surface area (Å²) < 4.78 is 42.4. The van der Waals surface area contributed by atoms with Crippen LogP contribution in [0.3, 0.4) is 0 Å². The van der Waals surface area contributed by atoms with Crippen LogP contribution in [0, 0.1) is 5.92 Å². The van der Waals surface area contributed by atoms with Crippen LogP contribution < -0.4 is 15.4 Å². The summed E-state index contributed by atoms with van der Waals surface area (Å²) in [6.45, 7) is 4.00. The van der Waals surface area contributed by atoms with Crippen LogP contribution in [-0.4, -0.2) is 62.0 Å². The number of ether oxygens (including phenoxy) is 1. The number of benzene rings is 1. The van der Waals surface area contributed by atoms with Crippen molar-refractivity contribution in [3.05, 3.63) is 23.8 Å². The second-order valence-corrected chi connectivity index (χ2v) is 7.25. The molecule has 0 atom stereocenters. The molecular weight excluding hydrogens is 512 g/mol. The monoisotopic (exact) mass is 544 g/mol.